The van der Waals surface area contributed by atoms with Gasteiger partial charge in [-0.05, 0) is 25.5 Å². The van der Waals surface area contributed by atoms with Gasteiger partial charge in [0.1, 0.15) is 6.54 Å². The molecule has 5 nitrogen and oxygen atoms in total. The minimum absolute atomic E-state index is 0.00239. The van der Waals surface area contributed by atoms with Crippen LogP contribution in [0.4, 0.5) is 0 Å². The molecule has 1 aromatic carbocycles. The highest BCUT2D eigenvalue weighted by Gasteiger charge is 2.26. The maximum absolute atomic E-state index is 12.5. The summed E-state index contributed by atoms with van der Waals surface area (Å²) in [6.07, 6.45) is 1.02. The standard InChI is InChI=1S/C17H20N2O3/c1-12-9-16(20)14-5-3-4-6-15(14)19(12)11-17(21)18-8-7-13(10-18)22-2/h3-6,9,13H,7-8,10-11H2,1-2H3. The Morgan fingerprint density at radius 2 is 2.14 bits per heavy atom. The molecule has 1 unspecified atom stereocenters. The van der Waals surface area contributed by atoms with Crippen molar-refractivity contribution in [3.63, 3.8) is 0 Å². The number of fused-ring (bicyclic) bond motifs is 1. The van der Waals surface area contributed by atoms with Gasteiger partial charge in [0.05, 0.1) is 11.6 Å². The highest BCUT2D eigenvalue weighted by molar-refractivity contribution is 5.82. The van der Waals surface area contributed by atoms with Gasteiger partial charge in [0.2, 0.25) is 5.91 Å². The van der Waals surface area contributed by atoms with Crippen LogP contribution in [0.1, 0.15) is 12.1 Å². The van der Waals surface area contributed by atoms with Gasteiger partial charge < -0.3 is 14.2 Å². The fourth-order valence-electron chi connectivity index (χ4n) is 3.05. The molecule has 0 saturated carbocycles. The molecule has 1 aromatic heterocycles. The number of rotatable bonds is 3. The van der Waals surface area contributed by atoms with Gasteiger partial charge in [0.15, 0.2) is 5.43 Å². The van der Waals surface area contributed by atoms with Crippen LogP contribution in [0.5, 0.6) is 0 Å². The zero-order valence-electron chi connectivity index (χ0n) is 12.9. The summed E-state index contributed by atoms with van der Waals surface area (Å²) in [5.74, 6) is 0.0662. The zero-order valence-corrected chi connectivity index (χ0v) is 12.9. The maximum Gasteiger partial charge on any atom is 0.242 e. The van der Waals surface area contributed by atoms with Crippen LogP contribution >= 0.6 is 0 Å². The van der Waals surface area contributed by atoms with E-state index in [1.807, 2.05) is 34.6 Å². The number of carbonyl (C=O) groups is 1. The Labute approximate surface area is 129 Å². The molecule has 2 heterocycles. The molecule has 0 aliphatic carbocycles. The van der Waals surface area contributed by atoms with Gasteiger partial charge in [-0.1, -0.05) is 12.1 Å². The summed E-state index contributed by atoms with van der Waals surface area (Å²) >= 11 is 0. The van der Waals surface area contributed by atoms with Crippen molar-refractivity contribution in [3.05, 3.63) is 46.2 Å². The lowest BCUT2D eigenvalue weighted by atomic mass is 10.2. The third-order valence-corrected chi connectivity index (χ3v) is 4.35. The van der Waals surface area contributed by atoms with Gasteiger partial charge in [-0.2, -0.15) is 0 Å². The molecule has 1 aliphatic heterocycles. The van der Waals surface area contributed by atoms with Crippen LogP contribution in [0.3, 0.4) is 0 Å². The quantitative estimate of drug-likeness (QED) is 0.864. The molecule has 0 spiro atoms. The van der Waals surface area contributed by atoms with E-state index >= 15 is 0 Å². The van der Waals surface area contributed by atoms with Crippen molar-refractivity contribution < 1.29 is 9.53 Å². The monoisotopic (exact) mass is 300 g/mol. The first kappa shape index (κ1) is 14.8. The Kier molecular flexibility index (Phi) is 3.98. The van der Waals surface area contributed by atoms with E-state index in [1.54, 1.807) is 19.2 Å². The van der Waals surface area contributed by atoms with Crippen LogP contribution in [-0.2, 0) is 16.1 Å². The Morgan fingerprint density at radius 3 is 2.86 bits per heavy atom. The number of nitrogens with zero attached hydrogens (tertiary/aromatic N) is 2. The number of pyridine rings is 1. The third kappa shape index (κ3) is 2.64. The Hall–Kier alpha value is -2.14. The summed E-state index contributed by atoms with van der Waals surface area (Å²) < 4.78 is 7.23. The normalized spacial score (nSPS) is 18.1. The number of para-hydroxylation sites is 1. The topological polar surface area (TPSA) is 51.5 Å². The largest absolute Gasteiger partial charge is 0.380 e. The summed E-state index contributed by atoms with van der Waals surface area (Å²) in [5, 5.41) is 0.650. The van der Waals surface area contributed by atoms with Crippen LogP contribution in [0.25, 0.3) is 10.9 Å². The van der Waals surface area contributed by atoms with Crippen LogP contribution in [0.2, 0.25) is 0 Å². The van der Waals surface area contributed by atoms with Crippen molar-refractivity contribution in [1.29, 1.82) is 0 Å². The zero-order chi connectivity index (χ0) is 15.7. The second kappa shape index (κ2) is 5.93. The lowest BCUT2D eigenvalue weighted by Crippen LogP contribution is -2.33. The van der Waals surface area contributed by atoms with E-state index in [9.17, 15) is 9.59 Å². The molecule has 1 amide bonds. The maximum atomic E-state index is 12.5. The molecule has 1 fully saturated rings. The van der Waals surface area contributed by atoms with E-state index in [0.29, 0.717) is 11.9 Å². The molecule has 1 saturated heterocycles. The summed E-state index contributed by atoms with van der Waals surface area (Å²) in [6, 6.07) is 9.01. The lowest BCUT2D eigenvalue weighted by molar-refractivity contribution is -0.131. The number of benzene rings is 1. The van der Waals surface area contributed by atoms with Gasteiger partial charge >= 0.3 is 0 Å². The summed E-state index contributed by atoms with van der Waals surface area (Å²) in [5.41, 5.74) is 1.61. The molecule has 116 valence electrons. The predicted octanol–water partition coefficient (Wildman–Crippen LogP) is 1.56. The molecule has 0 radical (unpaired) electrons. The number of hydrogen-bond acceptors (Lipinski definition) is 3. The molecule has 0 bridgehead atoms. The molecule has 22 heavy (non-hydrogen) atoms. The van der Waals surface area contributed by atoms with Crippen LogP contribution < -0.4 is 5.43 Å². The Morgan fingerprint density at radius 1 is 1.36 bits per heavy atom. The van der Waals surface area contributed by atoms with E-state index < -0.39 is 0 Å². The van der Waals surface area contributed by atoms with Crippen molar-refractivity contribution in [1.82, 2.24) is 9.47 Å². The molecule has 2 aromatic rings. The van der Waals surface area contributed by atoms with Gasteiger partial charge in [0.25, 0.3) is 0 Å². The number of methoxy groups -OCH3 is 1. The molecule has 3 rings (SSSR count). The first-order valence-corrected chi connectivity index (χ1v) is 7.50. The van der Waals surface area contributed by atoms with Crippen molar-refractivity contribution >= 4 is 16.8 Å². The van der Waals surface area contributed by atoms with E-state index in [-0.39, 0.29) is 24.0 Å². The van der Waals surface area contributed by atoms with Gasteiger partial charge in [-0.15, -0.1) is 0 Å². The van der Waals surface area contributed by atoms with Crippen molar-refractivity contribution in [3.8, 4) is 0 Å². The lowest BCUT2D eigenvalue weighted by Gasteiger charge is -2.20. The highest BCUT2D eigenvalue weighted by atomic mass is 16.5. The molecule has 1 aliphatic rings. The smallest absolute Gasteiger partial charge is 0.242 e. The third-order valence-electron chi connectivity index (χ3n) is 4.35. The van der Waals surface area contributed by atoms with Crippen LogP contribution in [0, 0.1) is 6.92 Å². The predicted molar refractivity (Wildman–Crippen MR) is 84.9 cm³/mol. The van der Waals surface area contributed by atoms with Gasteiger partial charge in [-0.3, -0.25) is 9.59 Å². The molecular formula is C17H20N2O3. The number of aromatic nitrogens is 1. The van der Waals surface area contributed by atoms with Gasteiger partial charge in [-0.25, -0.2) is 0 Å². The summed E-state index contributed by atoms with van der Waals surface area (Å²) in [7, 11) is 1.68. The first-order valence-electron chi connectivity index (χ1n) is 7.50. The summed E-state index contributed by atoms with van der Waals surface area (Å²) in [6.45, 7) is 3.49. The fourth-order valence-corrected chi connectivity index (χ4v) is 3.05. The average Bonchev–Trinajstić information content (AvgIpc) is 3.00. The van der Waals surface area contributed by atoms with Crippen molar-refractivity contribution in [2.24, 2.45) is 0 Å². The number of carbonyl (C=O) groups excluding carboxylic acids is 1. The number of hydrogen-bond donors (Lipinski definition) is 0. The highest BCUT2D eigenvalue weighted by Crippen LogP contribution is 2.16. The van der Waals surface area contributed by atoms with E-state index in [4.69, 9.17) is 4.74 Å². The van der Waals surface area contributed by atoms with E-state index in [1.165, 1.54) is 0 Å². The number of aryl methyl sites for hydroxylation is 1. The SMILES string of the molecule is COC1CCN(C(=O)Cn2c(C)cc(=O)c3ccccc32)C1. The van der Waals surface area contributed by atoms with E-state index in [2.05, 4.69) is 0 Å². The Bertz CT molecular complexity index is 766. The van der Waals surface area contributed by atoms with Crippen LogP contribution in [0.15, 0.2) is 35.1 Å². The first-order chi connectivity index (χ1) is 10.6. The summed E-state index contributed by atoms with van der Waals surface area (Å²) in [4.78, 5) is 26.4. The van der Waals surface area contributed by atoms with Gasteiger partial charge in [0, 0.05) is 37.3 Å². The van der Waals surface area contributed by atoms with Crippen LogP contribution in [-0.4, -0.2) is 41.7 Å². The minimum Gasteiger partial charge on any atom is -0.380 e. The second-order valence-corrected chi connectivity index (χ2v) is 5.74. The second-order valence-electron chi connectivity index (χ2n) is 5.74. The minimum atomic E-state index is -0.00239. The number of amides is 1. The molecule has 0 N–H and O–H groups in total. The molecule has 5 heteroatoms. The molecular weight excluding hydrogens is 280 g/mol. The number of likely N-dealkylation sites (tertiary alicyclic amines) is 1. The van der Waals surface area contributed by atoms with Crippen molar-refractivity contribution in [2.75, 3.05) is 20.2 Å². The fraction of sp³-hybridized carbons (Fsp3) is 0.412. The average molecular weight is 300 g/mol. The number of ether oxygens (including phenoxy) is 1. The van der Waals surface area contributed by atoms with E-state index in [0.717, 1.165) is 24.2 Å². The Balaban J connectivity index is 1.91. The molecule has 1 atom stereocenters. The van der Waals surface area contributed by atoms with Crippen molar-refractivity contribution in [2.45, 2.75) is 26.0 Å².